The van der Waals surface area contributed by atoms with E-state index in [1.54, 1.807) is 0 Å². The molecule has 1 rings (SSSR count). The van der Waals surface area contributed by atoms with E-state index in [0.717, 1.165) is 26.1 Å². The highest BCUT2D eigenvalue weighted by Gasteiger charge is 2.13. The lowest BCUT2D eigenvalue weighted by Crippen LogP contribution is -2.28. The highest BCUT2D eigenvalue weighted by molar-refractivity contribution is 5.58. The Balaban J connectivity index is 2.67. The van der Waals surface area contributed by atoms with Crippen LogP contribution in [0.25, 0.3) is 0 Å². The molecule has 0 fully saturated rings. The Kier molecular flexibility index (Phi) is 6.86. The second kappa shape index (κ2) is 8.42. The van der Waals surface area contributed by atoms with Crippen molar-refractivity contribution in [2.75, 3.05) is 44.3 Å². The number of nitrogens with two attached hydrogens (primary N) is 2. The zero-order valence-corrected chi connectivity index (χ0v) is 12.6. The van der Waals surface area contributed by atoms with Crippen LogP contribution in [0.2, 0.25) is 0 Å². The minimum absolute atomic E-state index is 0.100. The smallest absolute Gasteiger partial charge is 0.246 e. The summed E-state index contributed by atoms with van der Waals surface area (Å²) in [5, 5.41) is 0. The summed E-state index contributed by atoms with van der Waals surface area (Å²) in [4.78, 5) is 10.2. The van der Waals surface area contributed by atoms with Gasteiger partial charge in [0.25, 0.3) is 0 Å². The van der Waals surface area contributed by atoms with E-state index in [2.05, 4.69) is 28.7 Å². The van der Waals surface area contributed by atoms with Crippen LogP contribution < -0.4 is 20.9 Å². The topological polar surface area (TPSA) is 99.5 Å². The highest BCUT2D eigenvalue weighted by atomic mass is 16.5. The molecule has 1 aromatic heterocycles. The van der Waals surface area contributed by atoms with Gasteiger partial charge in [0, 0.05) is 6.54 Å². The van der Waals surface area contributed by atoms with Crippen molar-refractivity contribution < 1.29 is 9.47 Å². The summed E-state index contributed by atoms with van der Waals surface area (Å²) in [5.74, 6) is 0.677. The summed E-state index contributed by atoms with van der Waals surface area (Å²) in [7, 11) is 0. The minimum atomic E-state index is 0.100. The third kappa shape index (κ3) is 4.73. The molecule has 7 heteroatoms. The van der Waals surface area contributed by atoms with E-state index in [9.17, 15) is 0 Å². The number of nitrogens with zero attached hydrogens (tertiary/aromatic N) is 3. The fourth-order valence-electron chi connectivity index (χ4n) is 1.68. The quantitative estimate of drug-likeness (QED) is 0.701. The van der Waals surface area contributed by atoms with Crippen molar-refractivity contribution in [3.63, 3.8) is 0 Å². The lowest BCUT2D eigenvalue weighted by Gasteiger charge is -2.18. The standard InChI is InChI=1S/C13H25N5O2/c1-4-8-19-11-10(14)12(17-13(15)16-11)20-9-7-18(5-2)6-3/h4-9,14H2,1-3H3,(H2,15,16,17). The number of likely N-dealkylation sites (N-methyl/N-ethyl adjacent to an activating group) is 1. The molecule has 4 N–H and O–H groups in total. The number of hydrogen-bond donors (Lipinski definition) is 2. The summed E-state index contributed by atoms with van der Waals surface area (Å²) in [6.07, 6.45) is 0.863. The molecule has 0 amide bonds. The Morgan fingerprint density at radius 2 is 1.50 bits per heavy atom. The van der Waals surface area contributed by atoms with Crippen LogP contribution >= 0.6 is 0 Å². The molecule has 0 saturated carbocycles. The van der Waals surface area contributed by atoms with Gasteiger partial charge in [-0.2, -0.15) is 9.97 Å². The molecule has 0 atom stereocenters. The summed E-state index contributed by atoms with van der Waals surface area (Å²) in [6, 6.07) is 0. The fraction of sp³-hybridized carbons (Fsp3) is 0.692. The molecule has 20 heavy (non-hydrogen) atoms. The second-order valence-electron chi connectivity index (χ2n) is 4.33. The molecule has 0 aliphatic heterocycles. The van der Waals surface area contributed by atoms with Gasteiger partial charge in [0.15, 0.2) is 5.69 Å². The van der Waals surface area contributed by atoms with Crippen molar-refractivity contribution in [2.45, 2.75) is 27.2 Å². The molecule has 0 aromatic carbocycles. The predicted molar refractivity (Wildman–Crippen MR) is 79.9 cm³/mol. The molecule has 0 unspecified atom stereocenters. The van der Waals surface area contributed by atoms with Gasteiger partial charge in [-0.25, -0.2) is 0 Å². The van der Waals surface area contributed by atoms with Crippen LogP contribution in [-0.4, -0.2) is 47.7 Å². The monoisotopic (exact) mass is 283 g/mol. The zero-order valence-electron chi connectivity index (χ0n) is 12.6. The maximum absolute atomic E-state index is 5.93. The zero-order chi connectivity index (χ0) is 15.0. The number of anilines is 2. The number of hydrogen-bond acceptors (Lipinski definition) is 7. The third-order valence-electron chi connectivity index (χ3n) is 2.88. The van der Waals surface area contributed by atoms with E-state index in [-0.39, 0.29) is 17.7 Å². The third-order valence-corrected chi connectivity index (χ3v) is 2.88. The highest BCUT2D eigenvalue weighted by Crippen LogP contribution is 2.28. The van der Waals surface area contributed by atoms with Crippen LogP contribution in [0.15, 0.2) is 0 Å². The molecule has 114 valence electrons. The number of nitrogen functional groups attached to an aromatic ring is 2. The Hall–Kier alpha value is -1.76. The van der Waals surface area contributed by atoms with Gasteiger partial charge < -0.3 is 25.8 Å². The Morgan fingerprint density at radius 3 is 2.00 bits per heavy atom. The van der Waals surface area contributed by atoms with Crippen LogP contribution in [0.1, 0.15) is 27.2 Å². The minimum Gasteiger partial charge on any atom is -0.476 e. The van der Waals surface area contributed by atoms with Crippen LogP contribution in [0.4, 0.5) is 11.6 Å². The van der Waals surface area contributed by atoms with Crippen molar-refractivity contribution in [3.05, 3.63) is 0 Å². The average Bonchev–Trinajstić information content (AvgIpc) is 2.45. The van der Waals surface area contributed by atoms with Gasteiger partial charge >= 0.3 is 0 Å². The largest absolute Gasteiger partial charge is 0.476 e. The lowest BCUT2D eigenvalue weighted by atomic mass is 10.4. The Morgan fingerprint density at radius 1 is 0.950 bits per heavy atom. The van der Waals surface area contributed by atoms with Crippen LogP contribution in [0, 0.1) is 0 Å². The lowest BCUT2D eigenvalue weighted by molar-refractivity contribution is 0.217. The molecule has 0 bridgehead atoms. The van der Waals surface area contributed by atoms with Gasteiger partial charge in [0.05, 0.1) is 6.61 Å². The van der Waals surface area contributed by atoms with E-state index >= 15 is 0 Å². The summed E-state index contributed by atoms with van der Waals surface area (Å²) in [5.41, 5.74) is 11.9. The number of rotatable bonds is 9. The van der Waals surface area contributed by atoms with Gasteiger partial charge in [-0.1, -0.05) is 20.8 Å². The van der Waals surface area contributed by atoms with Gasteiger partial charge in [-0.15, -0.1) is 0 Å². The first-order chi connectivity index (χ1) is 9.62. The molecule has 0 saturated heterocycles. The van der Waals surface area contributed by atoms with Gasteiger partial charge in [0.2, 0.25) is 17.7 Å². The number of aromatic nitrogens is 2. The van der Waals surface area contributed by atoms with E-state index in [4.69, 9.17) is 20.9 Å². The van der Waals surface area contributed by atoms with E-state index in [0.29, 0.717) is 18.9 Å². The predicted octanol–water partition coefficient (Wildman–Crippen LogP) is 1.15. The van der Waals surface area contributed by atoms with Gasteiger partial charge in [0.1, 0.15) is 6.61 Å². The summed E-state index contributed by atoms with van der Waals surface area (Å²) < 4.78 is 11.0. The molecule has 1 heterocycles. The first-order valence-electron chi connectivity index (χ1n) is 7.03. The molecular formula is C13H25N5O2. The maximum atomic E-state index is 5.93. The van der Waals surface area contributed by atoms with Crippen LogP contribution in [0.5, 0.6) is 11.8 Å². The van der Waals surface area contributed by atoms with Crippen molar-refractivity contribution in [2.24, 2.45) is 0 Å². The van der Waals surface area contributed by atoms with E-state index < -0.39 is 0 Å². The Labute approximate surface area is 120 Å². The molecule has 0 aliphatic carbocycles. The molecule has 1 aromatic rings. The van der Waals surface area contributed by atoms with Crippen molar-refractivity contribution in [3.8, 4) is 11.8 Å². The van der Waals surface area contributed by atoms with Gasteiger partial charge in [-0.05, 0) is 19.5 Å². The van der Waals surface area contributed by atoms with Crippen molar-refractivity contribution in [1.82, 2.24) is 14.9 Å². The molecule has 0 aliphatic rings. The maximum Gasteiger partial charge on any atom is 0.246 e. The van der Waals surface area contributed by atoms with Crippen LogP contribution in [0.3, 0.4) is 0 Å². The van der Waals surface area contributed by atoms with Crippen molar-refractivity contribution >= 4 is 11.6 Å². The van der Waals surface area contributed by atoms with Crippen LogP contribution in [-0.2, 0) is 0 Å². The van der Waals surface area contributed by atoms with E-state index in [1.165, 1.54) is 0 Å². The molecule has 7 nitrogen and oxygen atoms in total. The molecular weight excluding hydrogens is 258 g/mol. The Bertz CT molecular complexity index is 410. The fourth-order valence-corrected chi connectivity index (χ4v) is 1.68. The first-order valence-corrected chi connectivity index (χ1v) is 7.03. The molecule has 0 spiro atoms. The summed E-state index contributed by atoms with van der Waals surface area (Å²) in [6.45, 7) is 10.0. The van der Waals surface area contributed by atoms with E-state index in [1.807, 2.05) is 6.92 Å². The SMILES string of the molecule is CCCOc1nc(N)nc(OCCN(CC)CC)c1N. The molecule has 0 radical (unpaired) electrons. The van der Waals surface area contributed by atoms with Gasteiger partial charge in [-0.3, -0.25) is 0 Å². The number of ether oxygens (including phenoxy) is 2. The average molecular weight is 283 g/mol. The normalized spacial score (nSPS) is 10.8. The second-order valence-corrected chi connectivity index (χ2v) is 4.33. The first kappa shape index (κ1) is 16.3. The summed E-state index contributed by atoms with van der Waals surface area (Å²) >= 11 is 0. The van der Waals surface area contributed by atoms with Crippen molar-refractivity contribution in [1.29, 1.82) is 0 Å².